The number of thiazole rings is 1. The second-order valence-corrected chi connectivity index (χ2v) is 6.58. The molecule has 1 aromatic carbocycles. The summed E-state index contributed by atoms with van der Waals surface area (Å²) >= 11 is 1.43. The lowest BCUT2D eigenvalue weighted by Crippen LogP contribution is -2.28. The molecule has 3 rings (SSSR count). The van der Waals surface area contributed by atoms with Gasteiger partial charge in [-0.25, -0.2) is 4.98 Å². The molecule has 6 heteroatoms. The highest BCUT2D eigenvalue weighted by molar-refractivity contribution is 7.14. The molecule has 0 bridgehead atoms. The predicted molar refractivity (Wildman–Crippen MR) is 92.7 cm³/mol. The third-order valence-electron chi connectivity index (χ3n) is 4.15. The molecule has 1 heterocycles. The number of aryl methyl sites for hydroxylation is 2. The average Bonchev–Trinajstić information content (AvgIpc) is 3.20. The number of amides is 1. The molecule has 1 unspecified atom stereocenters. The summed E-state index contributed by atoms with van der Waals surface area (Å²) in [5.41, 5.74) is 10.4. The average molecular weight is 331 g/mol. The molecule has 122 valence electrons. The van der Waals surface area contributed by atoms with Crippen molar-refractivity contribution in [2.24, 2.45) is 5.73 Å². The van der Waals surface area contributed by atoms with Crippen LogP contribution in [-0.4, -0.2) is 30.6 Å². The first-order chi connectivity index (χ1) is 11.2. The van der Waals surface area contributed by atoms with E-state index in [1.165, 1.54) is 35.3 Å². The number of benzene rings is 1. The van der Waals surface area contributed by atoms with Crippen molar-refractivity contribution < 1.29 is 9.53 Å². The molecular weight excluding hydrogens is 310 g/mol. The number of aromatic nitrogens is 1. The van der Waals surface area contributed by atoms with Gasteiger partial charge < -0.3 is 15.8 Å². The minimum atomic E-state index is -0.258. The number of fused-ring (bicyclic) bond motifs is 1. The maximum atomic E-state index is 12.0. The largest absolute Gasteiger partial charge is 0.380 e. The second-order valence-electron chi connectivity index (χ2n) is 5.72. The highest BCUT2D eigenvalue weighted by Crippen LogP contribution is 2.30. The van der Waals surface area contributed by atoms with Gasteiger partial charge in [0.25, 0.3) is 0 Å². The molecule has 1 aliphatic carbocycles. The lowest BCUT2D eigenvalue weighted by molar-refractivity contribution is -0.118. The van der Waals surface area contributed by atoms with Crippen LogP contribution in [0.3, 0.4) is 0 Å². The number of anilines is 1. The van der Waals surface area contributed by atoms with E-state index in [-0.39, 0.29) is 18.4 Å². The standard InChI is InChI=1S/C17H21N3O2S/c1-22-14(9-18)8-16(21)20-17-19-15(10-23-17)13-6-5-11-3-2-4-12(11)7-13/h5-7,10,14H,2-4,8-9,18H2,1H3,(H,19,20,21). The summed E-state index contributed by atoms with van der Waals surface area (Å²) in [6.45, 7) is 0.322. The van der Waals surface area contributed by atoms with Crippen LogP contribution in [0.5, 0.6) is 0 Å². The molecule has 1 aromatic heterocycles. The quantitative estimate of drug-likeness (QED) is 0.853. The van der Waals surface area contributed by atoms with Crippen LogP contribution in [0.4, 0.5) is 5.13 Å². The van der Waals surface area contributed by atoms with Gasteiger partial charge in [-0.2, -0.15) is 0 Å². The molecule has 1 amide bonds. The molecule has 0 saturated carbocycles. The molecule has 0 aliphatic heterocycles. The van der Waals surface area contributed by atoms with E-state index in [0.29, 0.717) is 11.7 Å². The molecule has 3 N–H and O–H groups in total. The first-order valence-corrected chi connectivity index (χ1v) is 8.68. The number of hydrogen-bond donors (Lipinski definition) is 2. The van der Waals surface area contributed by atoms with Crippen molar-refractivity contribution in [1.29, 1.82) is 0 Å². The first kappa shape index (κ1) is 16.1. The minimum Gasteiger partial charge on any atom is -0.380 e. The number of rotatable bonds is 6. The van der Waals surface area contributed by atoms with Crippen molar-refractivity contribution in [3.63, 3.8) is 0 Å². The number of methoxy groups -OCH3 is 1. The number of ether oxygens (including phenoxy) is 1. The molecule has 1 aliphatic rings. The van der Waals surface area contributed by atoms with Gasteiger partial charge in [0, 0.05) is 24.6 Å². The third-order valence-corrected chi connectivity index (χ3v) is 4.91. The van der Waals surface area contributed by atoms with Gasteiger partial charge in [-0.15, -0.1) is 11.3 Å². The SMILES string of the molecule is COC(CN)CC(=O)Nc1nc(-c2ccc3c(c2)CCC3)cs1. The normalized spacial score (nSPS) is 14.5. The van der Waals surface area contributed by atoms with E-state index in [1.807, 2.05) is 5.38 Å². The van der Waals surface area contributed by atoms with E-state index < -0.39 is 0 Å². The van der Waals surface area contributed by atoms with Gasteiger partial charge in [0.15, 0.2) is 5.13 Å². The van der Waals surface area contributed by atoms with Crippen molar-refractivity contribution in [1.82, 2.24) is 4.98 Å². The molecular formula is C17H21N3O2S. The summed E-state index contributed by atoms with van der Waals surface area (Å²) in [7, 11) is 1.56. The first-order valence-electron chi connectivity index (χ1n) is 7.80. The maximum Gasteiger partial charge on any atom is 0.228 e. The van der Waals surface area contributed by atoms with Crippen LogP contribution < -0.4 is 11.1 Å². The second kappa shape index (κ2) is 7.21. The Kier molecular flexibility index (Phi) is 5.05. The van der Waals surface area contributed by atoms with Gasteiger partial charge in [-0.1, -0.05) is 12.1 Å². The van der Waals surface area contributed by atoms with Gasteiger partial charge in [0.2, 0.25) is 5.91 Å². The lowest BCUT2D eigenvalue weighted by atomic mass is 10.1. The zero-order chi connectivity index (χ0) is 16.2. The number of nitrogens with two attached hydrogens (primary N) is 1. The van der Waals surface area contributed by atoms with Crippen LogP contribution in [0.25, 0.3) is 11.3 Å². The molecule has 0 saturated heterocycles. The Hall–Kier alpha value is -1.76. The minimum absolute atomic E-state index is 0.128. The Balaban J connectivity index is 1.67. The highest BCUT2D eigenvalue weighted by atomic mass is 32.1. The van der Waals surface area contributed by atoms with E-state index >= 15 is 0 Å². The number of carbonyl (C=O) groups excluding carboxylic acids is 1. The van der Waals surface area contributed by atoms with Crippen LogP contribution in [0.2, 0.25) is 0 Å². The molecule has 23 heavy (non-hydrogen) atoms. The van der Waals surface area contributed by atoms with E-state index in [9.17, 15) is 4.79 Å². The fourth-order valence-corrected chi connectivity index (χ4v) is 3.57. The molecule has 2 aromatic rings. The Morgan fingerprint density at radius 2 is 2.26 bits per heavy atom. The van der Waals surface area contributed by atoms with Gasteiger partial charge >= 0.3 is 0 Å². The number of nitrogens with one attached hydrogen (secondary N) is 1. The van der Waals surface area contributed by atoms with E-state index in [2.05, 4.69) is 28.5 Å². The summed E-state index contributed by atoms with van der Waals surface area (Å²) in [4.78, 5) is 16.5. The van der Waals surface area contributed by atoms with Gasteiger partial charge in [-0.3, -0.25) is 4.79 Å². The molecule has 0 fully saturated rings. The Labute approximate surface area is 139 Å². The molecule has 0 radical (unpaired) electrons. The van der Waals surface area contributed by atoms with Crippen LogP contribution in [0.1, 0.15) is 24.0 Å². The molecule has 1 atom stereocenters. The fraction of sp³-hybridized carbons (Fsp3) is 0.412. The number of nitrogens with zero attached hydrogens (tertiary/aromatic N) is 1. The monoisotopic (exact) mass is 331 g/mol. The van der Waals surface area contributed by atoms with Gasteiger partial charge in [0.05, 0.1) is 18.2 Å². The van der Waals surface area contributed by atoms with Crippen molar-refractivity contribution in [3.8, 4) is 11.3 Å². The van der Waals surface area contributed by atoms with Crippen molar-refractivity contribution in [2.75, 3.05) is 19.0 Å². The van der Waals surface area contributed by atoms with Gasteiger partial charge in [0.1, 0.15) is 0 Å². The van der Waals surface area contributed by atoms with Crippen LogP contribution in [-0.2, 0) is 22.4 Å². The Morgan fingerprint density at radius 3 is 3.04 bits per heavy atom. The van der Waals surface area contributed by atoms with Crippen LogP contribution in [0, 0.1) is 0 Å². The van der Waals surface area contributed by atoms with E-state index in [4.69, 9.17) is 10.5 Å². The lowest BCUT2D eigenvalue weighted by Gasteiger charge is -2.11. The highest BCUT2D eigenvalue weighted by Gasteiger charge is 2.15. The topological polar surface area (TPSA) is 77.2 Å². The van der Waals surface area contributed by atoms with Crippen LogP contribution in [0.15, 0.2) is 23.6 Å². The smallest absolute Gasteiger partial charge is 0.228 e. The van der Waals surface area contributed by atoms with Crippen molar-refractivity contribution in [2.45, 2.75) is 31.8 Å². The molecule has 5 nitrogen and oxygen atoms in total. The number of hydrogen-bond acceptors (Lipinski definition) is 5. The summed E-state index contributed by atoms with van der Waals surface area (Å²) in [5.74, 6) is -0.128. The summed E-state index contributed by atoms with van der Waals surface area (Å²) < 4.78 is 5.12. The zero-order valence-corrected chi connectivity index (χ0v) is 14.0. The Bertz CT molecular complexity index is 695. The number of carbonyl (C=O) groups is 1. The summed E-state index contributed by atoms with van der Waals surface area (Å²) in [5, 5.41) is 5.40. The summed E-state index contributed by atoms with van der Waals surface area (Å²) in [6, 6.07) is 6.53. The molecule has 0 spiro atoms. The third kappa shape index (κ3) is 3.77. The van der Waals surface area contributed by atoms with E-state index in [1.54, 1.807) is 7.11 Å². The van der Waals surface area contributed by atoms with Crippen molar-refractivity contribution >= 4 is 22.4 Å². The predicted octanol–water partition coefficient (Wildman–Crippen LogP) is 2.60. The Morgan fingerprint density at radius 1 is 1.43 bits per heavy atom. The maximum absolute atomic E-state index is 12.0. The zero-order valence-electron chi connectivity index (χ0n) is 13.2. The fourth-order valence-electron chi connectivity index (χ4n) is 2.83. The summed E-state index contributed by atoms with van der Waals surface area (Å²) in [6.07, 6.45) is 3.54. The van der Waals surface area contributed by atoms with Crippen molar-refractivity contribution in [3.05, 3.63) is 34.7 Å². The van der Waals surface area contributed by atoms with Crippen LogP contribution >= 0.6 is 11.3 Å². The van der Waals surface area contributed by atoms with Gasteiger partial charge in [-0.05, 0) is 36.5 Å². The van der Waals surface area contributed by atoms with E-state index in [0.717, 1.165) is 17.7 Å².